The summed E-state index contributed by atoms with van der Waals surface area (Å²) in [5, 5.41) is 9.07. The van der Waals surface area contributed by atoms with Crippen LogP contribution in [-0.2, 0) is 13.6 Å². The van der Waals surface area contributed by atoms with Crippen LogP contribution in [0.15, 0.2) is 0 Å². The Morgan fingerprint density at radius 1 is 1.05 bits per heavy atom. The molecule has 0 unspecified atom stereocenters. The standard InChI is InChI=1S/C17H31N5/c1-14(2)22-11-7-8-15(12-22)17-19-18-16(20(17)3)13-21-9-5-4-6-10-21/h14-15H,4-13H2,1-3H3/t15-/m0/s1. The molecule has 0 aliphatic carbocycles. The van der Waals surface area contributed by atoms with Crippen molar-refractivity contribution >= 4 is 0 Å². The number of hydrogen-bond acceptors (Lipinski definition) is 4. The van der Waals surface area contributed by atoms with Gasteiger partial charge in [0.2, 0.25) is 0 Å². The maximum Gasteiger partial charge on any atom is 0.146 e. The van der Waals surface area contributed by atoms with Crippen LogP contribution in [0, 0.1) is 0 Å². The van der Waals surface area contributed by atoms with Crippen molar-refractivity contribution in [1.82, 2.24) is 24.6 Å². The maximum atomic E-state index is 4.56. The minimum atomic E-state index is 0.545. The predicted octanol–water partition coefficient (Wildman–Crippen LogP) is 2.39. The third-order valence-electron chi connectivity index (χ3n) is 5.36. The molecule has 5 heteroatoms. The summed E-state index contributed by atoms with van der Waals surface area (Å²) in [6.07, 6.45) is 6.57. The van der Waals surface area contributed by atoms with Crippen LogP contribution in [0.5, 0.6) is 0 Å². The zero-order chi connectivity index (χ0) is 15.5. The van der Waals surface area contributed by atoms with Gasteiger partial charge in [0.05, 0.1) is 6.54 Å². The number of nitrogens with zero attached hydrogens (tertiary/aromatic N) is 5. The average Bonchev–Trinajstić information content (AvgIpc) is 2.89. The van der Waals surface area contributed by atoms with E-state index in [9.17, 15) is 0 Å². The first-order chi connectivity index (χ1) is 10.6. The molecule has 22 heavy (non-hydrogen) atoms. The first kappa shape index (κ1) is 15.9. The molecule has 2 fully saturated rings. The SMILES string of the molecule is CC(C)N1CCC[C@H](c2nnc(CN3CCCCC3)n2C)C1. The molecule has 2 saturated heterocycles. The van der Waals surface area contributed by atoms with Gasteiger partial charge in [-0.15, -0.1) is 10.2 Å². The van der Waals surface area contributed by atoms with Crippen LogP contribution in [0.4, 0.5) is 0 Å². The molecule has 0 N–H and O–H groups in total. The maximum absolute atomic E-state index is 4.56. The van der Waals surface area contributed by atoms with Gasteiger partial charge in [-0.2, -0.15) is 0 Å². The summed E-state index contributed by atoms with van der Waals surface area (Å²) in [6.45, 7) is 10.3. The molecule has 3 rings (SSSR count). The van der Waals surface area contributed by atoms with Crippen molar-refractivity contribution in [1.29, 1.82) is 0 Å². The van der Waals surface area contributed by atoms with Gasteiger partial charge in [-0.3, -0.25) is 4.90 Å². The highest BCUT2D eigenvalue weighted by molar-refractivity contribution is 5.04. The Morgan fingerprint density at radius 2 is 1.82 bits per heavy atom. The summed E-state index contributed by atoms with van der Waals surface area (Å²) in [5.74, 6) is 2.87. The Kier molecular flexibility index (Phi) is 5.14. The number of aromatic nitrogens is 3. The minimum Gasteiger partial charge on any atom is -0.317 e. The average molecular weight is 305 g/mol. The Labute approximate surface area is 134 Å². The van der Waals surface area contributed by atoms with E-state index in [2.05, 4.69) is 45.5 Å². The van der Waals surface area contributed by atoms with Crippen molar-refractivity contribution in [3.8, 4) is 0 Å². The van der Waals surface area contributed by atoms with E-state index in [-0.39, 0.29) is 0 Å². The van der Waals surface area contributed by atoms with Crippen LogP contribution in [0.2, 0.25) is 0 Å². The summed E-state index contributed by atoms with van der Waals surface area (Å²) in [6, 6.07) is 0.629. The Balaban J connectivity index is 1.67. The Morgan fingerprint density at radius 3 is 2.55 bits per heavy atom. The third kappa shape index (κ3) is 3.51. The topological polar surface area (TPSA) is 37.2 Å². The van der Waals surface area contributed by atoms with Crippen molar-refractivity contribution in [2.75, 3.05) is 26.2 Å². The van der Waals surface area contributed by atoms with E-state index in [1.807, 2.05) is 0 Å². The Bertz CT molecular complexity index is 475. The normalized spacial score (nSPS) is 25.0. The molecular formula is C17H31N5. The molecule has 0 amide bonds. The molecule has 1 atom stereocenters. The predicted molar refractivity (Wildman–Crippen MR) is 88.8 cm³/mol. The summed E-state index contributed by atoms with van der Waals surface area (Å²) in [4.78, 5) is 5.10. The fourth-order valence-corrected chi connectivity index (χ4v) is 3.87. The van der Waals surface area contributed by atoms with Crippen molar-refractivity contribution < 1.29 is 0 Å². The molecule has 5 nitrogen and oxygen atoms in total. The summed E-state index contributed by atoms with van der Waals surface area (Å²) >= 11 is 0. The van der Waals surface area contributed by atoms with Crippen molar-refractivity contribution in [3.05, 3.63) is 11.6 Å². The lowest BCUT2D eigenvalue weighted by atomic mass is 9.96. The highest BCUT2D eigenvalue weighted by atomic mass is 15.3. The quantitative estimate of drug-likeness (QED) is 0.856. The molecule has 0 saturated carbocycles. The van der Waals surface area contributed by atoms with Gasteiger partial charge in [0.25, 0.3) is 0 Å². The Hall–Kier alpha value is -0.940. The highest BCUT2D eigenvalue weighted by Gasteiger charge is 2.27. The summed E-state index contributed by atoms with van der Waals surface area (Å²) in [5.41, 5.74) is 0. The van der Waals surface area contributed by atoms with Gasteiger partial charge in [0.1, 0.15) is 11.6 Å². The van der Waals surface area contributed by atoms with E-state index in [1.165, 1.54) is 57.6 Å². The molecule has 124 valence electrons. The van der Waals surface area contributed by atoms with Gasteiger partial charge < -0.3 is 9.47 Å². The molecule has 0 aromatic carbocycles. The second-order valence-electron chi connectivity index (χ2n) is 7.30. The van der Waals surface area contributed by atoms with Crippen molar-refractivity contribution in [2.45, 2.75) is 64.5 Å². The van der Waals surface area contributed by atoms with Gasteiger partial charge in [0.15, 0.2) is 0 Å². The lowest BCUT2D eigenvalue weighted by Crippen LogP contribution is -2.39. The van der Waals surface area contributed by atoms with Gasteiger partial charge in [-0.1, -0.05) is 6.42 Å². The van der Waals surface area contributed by atoms with E-state index in [4.69, 9.17) is 0 Å². The number of piperidine rings is 2. The second-order valence-corrected chi connectivity index (χ2v) is 7.30. The van der Waals surface area contributed by atoms with Crippen LogP contribution in [-0.4, -0.2) is 56.8 Å². The van der Waals surface area contributed by atoms with E-state index >= 15 is 0 Å². The molecule has 0 radical (unpaired) electrons. The van der Waals surface area contributed by atoms with Crippen LogP contribution in [0.3, 0.4) is 0 Å². The lowest BCUT2D eigenvalue weighted by Gasteiger charge is -2.35. The number of rotatable bonds is 4. The van der Waals surface area contributed by atoms with E-state index in [0.29, 0.717) is 12.0 Å². The lowest BCUT2D eigenvalue weighted by molar-refractivity contribution is 0.163. The number of hydrogen-bond donors (Lipinski definition) is 0. The van der Waals surface area contributed by atoms with Crippen LogP contribution in [0.25, 0.3) is 0 Å². The van der Waals surface area contributed by atoms with Gasteiger partial charge in [-0.05, 0) is 59.2 Å². The van der Waals surface area contributed by atoms with Crippen molar-refractivity contribution in [3.63, 3.8) is 0 Å². The second kappa shape index (κ2) is 7.09. The minimum absolute atomic E-state index is 0.545. The van der Waals surface area contributed by atoms with Gasteiger partial charge in [-0.25, -0.2) is 0 Å². The molecule has 3 heterocycles. The molecule has 1 aromatic rings. The molecule has 2 aliphatic heterocycles. The van der Waals surface area contributed by atoms with Gasteiger partial charge >= 0.3 is 0 Å². The first-order valence-corrected chi connectivity index (χ1v) is 8.99. The fraction of sp³-hybridized carbons (Fsp3) is 0.882. The van der Waals surface area contributed by atoms with Crippen LogP contribution >= 0.6 is 0 Å². The fourth-order valence-electron chi connectivity index (χ4n) is 3.87. The van der Waals surface area contributed by atoms with Crippen molar-refractivity contribution in [2.24, 2.45) is 7.05 Å². The summed E-state index contributed by atoms with van der Waals surface area (Å²) < 4.78 is 2.27. The van der Waals surface area contributed by atoms with E-state index < -0.39 is 0 Å². The van der Waals surface area contributed by atoms with Crippen LogP contribution in [0.1, 0.15) is 63.5 Å². The monoisotopic (exact) mass is 305 g/mol. The third-order valence-corrected chi connectivity index (χ3v) is 5.36. The van der Waals surface area contributed by atoms with Gasteiger partial charge in [0, 0.05) is 25.6 Å². The molecule has 0 spiro atoms. The zero-order valence-electron chi connectivity index (χ0n) is 14.5. The molecular weight excluding hydrogens is 274 g/mol. The molecule has 1 aromatic heterocycles. The summed E-state index contributed by atoms with van der Waals surface area (Å²) in [7, 11) is 2.16. The highest BCUT2D eigenvalue weighted by Crippen LogP contribution is 2.27. The van der Waals surface area contributed by atoms with E-state index in [0.717, 1.165) is 18.9 Å². The largest absolute Gasteiger partial charge is 0.317 e. The molecule has 2 aliphatic rings. The zero-order valence-corrected chi connectivity index (χ0v) is 14.5. The van der Waals surface area contributed by atoms with E-state index in [1.54, 1.807) is 0 Å². The number of likely N-dealkylation sites (tertiary alicyclic amines) is 2. The van der Waals surface area contributed by atoms with Crippen LogP contribution < -0.4 is 0 Å². The molecule has 0 bridgehead atoms. The first-order valence-electron chi connectivity index (χ1n) is 8.99. The smallest absolute Gasteiger partial charge is 0.146 e.